The first-order valence-corrected chi connectivity index (χ1v) is 9.61. The summed E-state index contributed by atoms with van der Waals surface area (Å²) >= 11 is 1.59. The van der Waals surface area contributed by atoms with Crippen LogP contribution in [0.2, 0.25) is 0 Å². The Bertz CT molecular complexity index is 887. The first kappa shape index (κ1) is 16.8. The van der Waals surface area contributed by atoms with E-state index in [9.17, 15) is 0 Å². The predicted octanol–water partition coefficient (Wildman–Crippen LogP) is 3.47. The van der Waals surface area contributed by atoms with Gasteiger partial charge in [0.15, 0.2) is 10.9 Å². The minimum absolute atomic E-state index is 0.381. The van der Waals surface area contributed by atoms with Crippen LogP contribution in [0.25, 0.3) is 0 Å². The number of anilines is 3. The molecule has 3 aromatic heterocycles. The largest absolute Gasteiger partial charge is 0.356 e. The van der Waals surface area contributed by atoms with E-state index >= 15 is 0 Å². The number of piperidine rings is 1. The van der Waals surface area contributed by atoms with Gasteiger partial charge >= 0.3 is 0 Å². The topological polar surface area (TPSA) is 79.7 Å². The van der Waals surface area contributed by atoms with E-state index in [4.69, 9.17) is 0 Å². The van der Waals surface area contributed by atoms with Crippen molar-refractivity contribution >= 4 is 28.1 Å². The predicted molar refractivity (Wildman–Crippen MR) is 103 cm³/mol. The van der Waals surface area contributed by atoms with Crippen LogP contribution in [0.4, 0.5) is 16.8 Å². The second kappa shape index (κ2) is 7.33. The molecule has 0 spiro atoms. The highest BCUT2D eigenvalue weighted by atomic mass is 32.1. The van der Waals surface area contributed by atoms with Crippen LogP contribution in [0.5, 0.6) is 0 Å². The summed E-state index contributed by atoms with van der Waals surface area (Å²) in [6.45, 7) is 5.82. The van der Waals surface area contributed by atoms with Crippen molar-refractivity contribution in [2.45, 2.75) is 32.6 Å². The van der Waals surface area contributed by atoms with E-state index in [1.807, 2.05) is 31.5 Å². The summed E-state index contributed by atoms with van der Waals surface area (Å²) in [7, 11) is 0. The fourth-order valence-electron chi connectivity index (χ4n) is 3.26. The Morgan fingerprint density at radius 1 is 1.04 bits per heavy atom. The molecule has 134 valence electrons. The maximum Gasteiger partial charge on any atom is 0.188 e. The Kier molecular flexibility index (Phi) is 4.75. The summed E-state index contributed by atoms with van der Waals surface area (Å²) in [5.74, 6) is 3.01. The molecule has 0 amide bonds. The van der Waals surface area contributed by atoms with E-state index in [0.717, 1.165) is 59.9 Å². The zero-order chi connectivity index (χ0) is 17.9. The van der Waals surface area contributed by atoms with Crippen molar-refractivity contribution in [1.29, 1.82) is 0 Å². The van der Waals surface area contributed by atoms with Crippen LogP contribution in [-0.4, -0.2) is 38.0 Å². The molecule has 0 saturated carbocycles. The van der Waals surface area contributed by atoms with Gasteiger partial charge in [-0.3, -0.25) is 4.98 Å². The summed E-state index contributed by atoms with van der Waals surface area (Å²) in [4.78, 5) is 24.6. The quantitative estimate of drug-likeness (QED) is 0.756. The van der Waals surface area contributed by atoms with Gasteiger partial charge in [-0.2, -0.15) is 0 Å². The van der Waals surface area contributed by atoms with Crippen molar-refractivity contribution in [3.05, 3.63) is 47.2 Å². The number of hydrogen-bond acceptors (Lipinski definition) is 8. The smallest absolute Gasteiger partial charge is 0.188 e. The van der Waals surface area contributed by atoms with Crippen molar-refractivity contribution in [2.24, 2.45) is 0 Å². The normalized spacial score (nSPS) is 15.2. The second-order valence-corrected chi connectivity index (χ2v) is 7.29. The van der Waals surface area contributed by atoms with Gasteiger partial charge in [0, 0.05) is 43.0 Å². The minimum atomic E-state index is 0.381. The molecule has 0 aromatic carbocycles. The Morgan fingerprint density at radius 3 is 2.58 bits per heavy atom. The standard InChI is InChI=1S/C18H21N7S/c1-12-11-26-18(22-12)24-17-16(20-7-8-21-17)14-4-9-25(10-5-14)15-3-6-19-13(2)23-15/h3,6-8,11,14H,4-5,9-10H2,1-2H3,(H,21,22,24). The fraction of sp³-hybridized carbons (Fsp3) is 0.389. The van der Waals surface area contributed by atoms with Gasteiger partial charge in [-0.05, 0) is 32.8 Å². The molecule has 0 unspecified atom stereocenters. The average molecular weight is 367 g/mol. The molecule has 1 saturated heterocycles. The van der Waals surface area contributed by atoms with Crippen molar-refractivity contribution in [3.8, 4) is 0 Å². The molecule has 4 heterocycles. The highest BCUT2D eigenvalue weighted by molar-refractivity contribution is 7.13. The van der Waals surface area contributed by atoms with Crippen LogP contribution in [0.3, 0.4) is 0 Å². The molecule has 1 fully saturated rings. The maximum absolute atomic E-state index is 4.62. The average Bonchev–Trinajstić information content (AvgIpc) is 3.07. The van der Waals surface area contributed by atoms with Crippen LogP contribution < -0.4 is 10.2 Å². The number of nitrogens with zero attached hydrogens (tertiary/aromatic N) is 6. The molecule has 0 bridgehead atoms. The highest BCUT2D eigenvalue weighted by Gasteiger charge is 2.25. The van der Waals surface area contributed by atoms with Gasteiger partial charge in [-0.25, -0.2) is 19.9 Å². The molecular weight excluding hydrogens is 346 g/mol. The maximum atomic E-state index is 4.62. The van der Waals surface area contributed by atoms with Crippen LogP contribution in [-0.2, 0) is 0 Å². The van der Waals surface area contributed by atoms with Gasteiger partial charge in [0.05, 0.1) is 11.4 Å². The Labute approximate surface area is 156 Å². The summed E-state index contributed by atoms with van der Waals surface area (Å²) in [5, 5.41) is 6.23. The van der Waals surface area contributed by atoms with E-state index < -0.39 is 0 Å². The van der Waals surface area contributed by atoms with E-state index in [0.29, 0.717) is 5.92 Å². The molecule has 0 aliphatic carbocycles. The lowest BCUT2D eigenvalue weighted by atomic mass is 9.93. The van der Waals surface area contributed by atoms with E-state index in [1.54, 1.807) is 23.7 Å². The van der Waals surface area contributed by atoms with Crippen LogP contribution in [0.1, 0.15) is 36.0 Å². The van der Waals surface area contributed by atoms with Gasteiger partial charge < -0.3 is 10.2 Å². The summed E-state index contributed by atoms with van der Waals surface area (Å²) in [6, 6.07) is 1.98. The number of rotatable bonds is 4. The van der Waals surface area contributed by atoms with Crippen LogP contribution >= 0.6 is 11.3 Å². The molecule has 26 heavy (non-hydrogen) atoms. The number of hydrogen-bond donors (Lipinski definition) is 1. The summed E-state index contributed by atoms with van der Waals surface area (Å²) in [6.07, 6.45) is 7.37. The fourth-order valence-corrected chi connectivity index (χ4v) is 3.95. The summed E-state index contributed by atoms with van der Waals surface area (Å²) < 4.78 is 0. The van der Waals surface area contributed by atoms with Crippen molar-refractivity contribution in [2.75, 3.05) is 23.3 Å². The molecule has 0 radical (unpaired) electrons. The number of aromatic nitrogens is 5. The van der Waals surface area contributed by atoms with Gasteiger partial charge in [0.2, 0.25) is 0 Å². The SMILES string of the molecule is Cc1csc(Nc2nccnc2C2CCN(c3ccnc(C)n3)CC2)n1. The number of aryl methyl sites for hydroxylation is 2. The van der Waals surface area contributed by atoms with E-state index in [-0.39, 0.29) is 0 Å². The number of thiazole rings is 1. The second-order valence-electron chi connectivity index (χ2n) is 6.43. The molecule has 4 rings (SSSR count). The Hall–Kier alpha value is -2.61. The van der Waals surface area contributed by atoms with Gasteiger partial charge in [0.25, 0.3) is 0 Å². The lowest BCUT2D eigenvalue weighted by molar-refractivity contribution is 0.493. The van der Waals surface area contributed by atoms with Crippen LogP contribution in [0.15, 0.2) is 30.0 Å². The lowest BCUT2D eigenvalue weighted by Crippen LogP contribution is -2.34. The summed E-state index contributed by atoms with van der Waals surface area (Å²) in [5.41, 5.74) is 2.04. The molecule has 3 aromatic rings. The third kappa shape index (κ3) is 3.65. The Balaban J connectivity index is 1.47. The third-order valence-corrected chi connectivity index (χ3v) is 5.41. The third-order valence-electron chi connectivity index (χ3n) is 4.54. The van der Waals surface area contributed by atoms with Crippen molar-refractivity contribution < 1.29 is 0 Å². The first-order valence-electron chi connectivity index (χ1n) is 8.73. The lowest BCUT2D eigenvalue weighted by Gasteiger charge is -2.32. The van der Waals surface area contributed by atoms with Gasteiger partial charge in [0.1, 0.15) is 11.6 Å². The Morgan fingerprint density at radius 2 is 1.85 bits per heavy atom. The highest BCUT2D eigenvalue weighted by Crippen LogP contribution is 2.33. The van der Waals surface area contributed by atoms with Gasteiger partial charge in [-0.1, -0.05) is 0 Å². The van der Waals surface area contributed by atoms with E-state index in [2.05, 4.69) is 35.1 Å². The number of nitrogens with one attached hydrogen (secondary N) is 1. The molecule has 1 aliphatic heterocycles. The molecule has 7 nitrogen and oxygen atoms in total. The minimum Gasteiger partial charge on any atom is -0.356 e. The van der Waals surface area contributed by atoms with Crippen molar-refractivity contribution in [1.82, 2.24) is 24.9 Å². The van der Waals surface area contributed by atoms with Gasteiger partial charge in [-0.15, -0.1) is 11.3 Å². The first-order chi connectivity index (χ1) is 12.7. The molecule has 1 aliphatic rings. The molecule has 8 heteroatoms. The molecule has 0 atom stereocenters. The zero-order valence-corrected chi connectivity index (χ0v) is 15.7. The molecule has 1 N–H and O–H groups in total. The van der Waals surface area contributed by atoms with E-state index in [1.165, 1.54) is 0 Å². The van der Waals surface area contributed by atoms with Crippen molar-refractivity contribution in [3.63, 3.8) is 0 Å². The molecular formula is C18H21N7S. The monoisotopic (exact) mass is 367 g/mol. The van der Waals surface area contributed by atoms with Crippen LogP contribution in [0, 0.1) is 13.8 Å². The zero-order valence-electron chi connectivity index (χ0n) is 14.9.